The Bertz CT molecular complexity index is 298. The lowest BCUT2D eigenvalue weighted by molar-refractivity contribution is -0.122. The van der Waals surface area contributed by atoms with E-state index in [0.29, 0.717) is 12.5 Å². The number of nitrogens with one attached hydrogen (secondary N) is 1. The van der Waals surface area contributed by atoms with Crippen LogP contribution in [-0.4, -0.2) is 37.0 Å². The summed E-state index contributed by atoms with van der Waals surface area (Å²) in [6.45, 7) is 9.07. The van der Waals surface area contributed by atoms with Crippen molar-refractivity contribution in [2.75, 3.05) is 26.2 Å². The van der Waals surface area contributed by atoms with Crippen molar-refractivity contribution >= 4 is 5.91 Å². The molecule has 1 aliphatic rings. The molecule has 1 heterocycles. The lowest BCUT2D eigenvalue weighted by Crippen LogP contribution is -2.44. The number of piperidine rings is 1. The van der Waals surface area contributed by atoms with Crippen LogP contribution in [0.15, 0.2) is 0 Å². The van der Waals surface area contributed by atoms with Crippen molar-refractivity contribution in [3.8, 4) is 6.07 Å². The molecule has 0 aromatic rings. The number of nitrogens with zero attached hydrogens (tertiary/aromatic N) is 2. The van der Waals surface area contributed by atoms with Gasteiger partial charge in [0.1, 0.15) is 0 Å². The van der Waals surface area contributed by atoms with E-state index >= 15 is 0 Å². The molecule has 0 unspecified atom stereocenters. The van der Waals surface area contributed by atoms with Gasteiger partial charge in [0.15, 0.2) is 0 Å². The van der Waals surface area contributed by atoms with Crippen LogP contribution in [0, 0.1) is 22.7 Å². The number of carbonyl (C=O) groups is 1. The largest absolute Gasteiger partial charge is 0.355 e. The van der Waals surface area contributed by atoms with E-state index in [4.69, 9.17) is 5.26 Å². The second kappa shape index (κ2) is 6.02. The third-order valence-corrected chi connectivity index (χ3v) is 3.30. The van der Waals surface area contributed by atoms with E-state index in [1.54, 1.807) is 0 Å². The minimum atomic E-state index is -0.190. The summed E-state index contributed by atoms with van der Waals surface area (Å²) in [4.78, 5) is 13.8. The number of rotatable bonds is 4. The van der Waals surface area contributed by atoms with Crippen LogP contribution in [0.3, 0.4) is 0 Å². The molecule has 1 rings (SSSR count). The summed E-state index contributed by atoms with van der Waals surface area (Å²) in [5, 5.41) is 11.9. The number of likely N-dealkylation sites (tertiary alicyclic amines) is 1. The van der Waals surface area contributed by atoms with Gasteiger partial charge in [-0.15, -0.1) is 0 Å². The molecule has 0 aromatic heterocycles. The molecule has 1 aliphatic heterocycles. The van der Waals surface area contributed by atoms with Crippen LogP contribution in [0.25, 0.3) is 0 Å². The molecule has 0 atom stereocenters. The van der Waals surface area contributed by atoms with Crippen LogP contribution in [-0.2, 0) is 4.79 Å². The predicted molar refractivity (Wildman–Crippen MR) is 67.2 cm³/mol. The molecule has 0 spiro atoms. The van der Waals surface area contributed by atoms with E-state index in [9.17, 15) is 4.79 Å². The average Bonchev–Trinajstić information content (AvgIpc) is 2.30. The van der Waals surface area contributed by atoms with Crippen LogP contribution >= 0.6 is 0 Å². The first-order valence-corrected chi connectivity index (χ1v) is 6.35. The van der Waals surface area contributed by atoms with Gasteiger partial charge in [0.25, 0.3) is 0 Å². The first-order chi connectivity index (χ1) is 7.95. The Morgan fingerprint density at radius 1 is 1.47 bits per heavy atom. The van der Waals surface area contributed by atoms with Gasteiger partial charge in [-0.25, -0.2) is 0 Å². The van der Waals surface area contributed by atoms with Crippen LogP contribution in [0.2, 0.25) is 0 Å². The molecule has 17 heavy (non-hydrogen) atoms. The van der Waals surface area contributed by atoms with Crippen molar-refractivity contribution < 1.29 is 4.79 Å². The Labute approximate surface area is 104 Å². The normalized spacial score (nSPS) is 19.9. The number of nitriles is 1. The summed E-state index contributed by atoms with van der Waals surface area (Å²) in [6, 6.07) is 2.37. The number of amides is 1. The number of hydrogen-bond donors (Lipinski definition) is 1. The van der Waals surface area contributed by atoms with E-state index in [1.165, 1.54) is 0 Å². The van der Waals surface area contributed by atoms with E-state index in [2.05, 4.69) is 30.1 Å². The SMILES string of the molecule is CC(C)CNC(=O)CN1CCC(C)(C#N)CC1. The summed E-state index contributed by atoms with van der Waals surface area (Å²) in [5.74, 6) is 0.585. The van der Waals surface area contributed by atoms with Gasteiger partial charge in [0.2, 0.25) is 5.91 Å². The molecular weight excluding hydrogens is 214 g/mol. The zero-order valence-corrected chi connectivity index (χ0v) is 11.1. The van der Waals surface area contributed by atoms with Gasteiger partial charge in [-0.1, -0.05) is 13.8 Å². The van der Waals surface area contributed by atoms with Crippen LogP contribution in [0.4, 0.5) is 0 Å². The molecule has 1 fully saturated rings. The summed E-state index contributed by atoms with van der Waals surface area (Å²) >= 11 is 0. The zero-order chi connectivity index (χ0) is 12.9. The molecule has 1 N–H and O–H groups in total. The topological polar surface area (TPSA) is 56.1 Å². The van der Waals surface area contributed by atoms with Gasteiger partial charge in [0.05, 0.1) is 18.0 Å². The van der Waals surface area contributed by atoms with E-state index < -0.39 is 0 Å². The summed E-state index contributed by atoms with van der Waals surface area (Å²) in [6.07, 6.45) is 1.72. The number of carbonyl (C=O) groups excluding carboxylic acids is 1. The van der Waals surface area contributed by atoms with Crippen molar-refractivity contribution in [2.45, 2.75) is 33.6 Å². The Morgan fingerprint density at radius 2 is 2.06 bits per heavy atom. The predicted octanol–water partition coefficient (Wildman–Crippen LogP) is 1.38. The third kappa shape index (κ3) is 4.74. The van der Waals surface area contributed by atoms with E-state index in [0.717, 1.165) is 32.5 Å². The number of hydrogen-bond acceptors (Lipinski definition) is 3. The summed E-state index contributed by atoms with van der Waals surface area (Å²) in [7, 11) is 0. The monoisotopic (exact) mass is 237 g/mol. The van der Waals surface area contributed by atoms with E-state index in [-0.39, 0.29) is 11.3 Å². The standard InChI is InChI=1S/C13H23N3O/c1-11(2)8-15-12(17)9-16-6-4-13(3,10-14)5-7-16/h11H,4-9H2,1-3H3,(H,15,17). The second-order valence-corrected chi connectivity index (χ2v) is 5.65. The van der Waals surface area contributed by atoms with Crippen molar-refractivity contribution in [3.05, 3.63) is 0 Å². The molecule has 0 saturated carbocycles. The highest BCUT2D eigenvalue weighted by molar-refractivity contribution is 5.78. The van der Waals surface area contributed by atoms with Gasteiger partial charge in [-0.2, -0.15) is 5.26 Å². The zero-order valence-electron chi connectivity index (χ0n) is 11.1. The molecule has 4 heteroatoms. The van der Waals surface area contributed by atoms with Crippen molar-refractivity contribution in [2.24, 2.45) is 11.3 Å². The average molecular weight is 237 g/mol. The minimum absolute atomic E-state index is 0.0965. The van der Waals surface area contributed by atoms with Gasteiger partial charge in [-0.05, 0) is 25.7 Å². The van der Waals surface area contributed by atoms with Gasteiger partial charge in [0, 0.05) is 19.6 Å². The van der Waals surface area contributed by atoms with Gasteiger partial charge >= 0.3 is 0 Å². The molecular formula is C13H23N3O. The molecule has 4 nitrogen and oxygen atoms in total. The maximum atomic E-state index is 11.6. The maximum Gasteiger partial charge on any atom is 0.234 e. The van der Waals surface area contributed by atoms with Crippen LogP contribution in [0.1, 0.15) is 33.6 Å². The fourth-order valence-corrected chi connectivity index (χ4v) is 1.89. The minimum Gasteiger partial charge on any atom is -0.355 e. The Morgan fingerprint density at radius 3 is 2.53 bits per heavy atom. The Balaban J connectivity index is 2.27. The Kier molecular flexibility index (Phi) is 4.95. The van der Waals surface area contributed by atoms with Crippen molar-refractivity contribution in [1.29, 1.82) is 5.26 Å². The fourth-order valence-electron chi connectivity index (χ4n) is 1.89. The lowest BCUT2D eigenvalue weighted by Gasteiger charge is -2.34. The molecule has 0 aromatic carbocycles. The van der Waals surface area contributed by atoms with Gasteiger partial charge < -0.3 is 5.32 Å². The highest BCUT2D eigenvalue weighted by atomic mass is 16.2. The van der Waals surface area contributed by atoms with Crippen LogP contribution in [0.5, 0.6) is 0 Å². The molecule has 96 valence electrons. The Hall–Kier alpha value is -1.08. The highest BCUT2D eigenvalue weighted by Gasteiger charge is 2.30. The smallest absolute Gasteiger partial charge is 0.234 e. The lowest BCUT2D eigenvalue weighted by atomic mass is 9.82. The summed E-state index contributed by atoms with van der Waals surface area (Å²) < 4.78 is 0. The highest BCUT2D eigenvalue weighted by Crippen LogP contribution is 2.29. The first kappa shape index (κ1) is 14.0. The first-order valence-electron chi connectivity index (χ1n) is 6.35. The van der Waals surface area contributed by atoms with Crippen molar-refractivity contribution in [3.63, 3.8) is 0 Å². The summed E-state index contributed by atoms with van der Waals surface area (Å²) in [5.41, 5.74) is -0.190. The molecule has 1 saturated heterocycles. The van der Waals surface area contributed by atoms with Gasteiger partial charge in [-0.3, -0.25) is 9.69 Å². The van der Waals surface area contributed by atoms with E-state index in [1.807, 2.05) is 6.92 Å². The second-order valence-electron chi connectivity index (χ2n) is 5.65. The quantitative estimate of drug-likeness (QED) is 0.803. The van der Waals surface area contributed by atoms with Crippen molar-refractivity contribution in [1.82, 2.24) is 10.2 Å². The molecule has 0 bridgehead atoms. The third-order valence-electron chi connectivity index (χ3n) is 3.30. The molecule has 0 aliphatic carbocycles. The maximum absolute atomic E-state index is 11.6. The molecule has 0 radical (unpaired) electrons. The van der Waals surface area contributed by atoms with Crippen LogP contribution < -0.4 is 5.32 Å². The fraction of sp³-hybridized carbons (Fsp3) is 0.846. The molecule has 1 amide bonds.